The van der Waals surface area contributed by atoms with Gasteiger partial charge >= 0.3 is 5.97 Å². The molecule has 0 bridgehead atoms. The van der Waals surface area contributed by atoms with Crippen molar-refractivity contribution in [2.45, 2.75) is 70.8 Å². The molecule has 0 spiro atoms. The maximum absolute atomic E-state index is 14.9. The lowest BCUT2D eigenvalue weighted by Gasteiger charge is -2.22. The number of benzene rings is 3. The molecule has 4 nitrogen and oxygen atoms in total. The Bertz CT molecular complexity index is 1200. The fourth-order valence-electron chi connectivity index (χ4n) is 5.34. The van der Waals surface area contributed by atoms with Gasteiger partial charge in [-0.2, -0.15) is 0 Å². The van der Waals surface area contributed by atoms with Crippen molar-refractivity contribution in [2.75, 3.05) is 7.11 Å². The molecule has 0 amide bonds. The summed E-state index contributed by atoms with van der Waals surface area (Å²) in [6, 6.07) is 18.7. The molecule has 1 fully saturated rings. The lowest BCUT2D eigenvalue weighted by Crippen LogP contribution is -2.08. The number of carbonyl (C=O) groups is 1. The fourth-order valence-corrected chi connectivity index (χ4v) is 5.34. The van der Waals surface area contributed by atoms with Crippen LogP contribution in [0.25, 0.3) is 11.1 Å². The largest absolute Gasteiger partial charge is 0.497 e. The summed E-state index contributed by atoms with van der Waals surface area (Å²) in [6.45, 7) is 2.29. The third kappa shape index (κ3) is 7.34. The number of ether oxygens (including phenoxy) is 2. The summed E-state index contributed by atoms with van der Waals surface area (Å²) < 4.78 is 26.4. The van der Waals surface area contributed by atoms with Gasteiger partial charge in [-0.3, -0.25) is 4.79 Å². The number of carboxylic acids is 1. The maximum Gasteiger partial charge on any atom is 0.303 e. The van der Waals surface area contributed by atoms with E-state index in [-0.39, 0.29) is 18.2 Å². The minimum absolute atomic E-state index is 0.0795. The summed E-state index contributed by atoms with van der Waals surface area (Å²) >= 11 is 0. The number of hydrogen-bond acceptors (Lipinski definition) is 3. The van der Waals surface area contributed by atoms with Crippen molar-refractivity contribution in [2.24, 2.45) is 5.92 Å². The van der Waals surface area contributed by atoms with E-state index < -0.39 is 5.97 Å². The Morgan fingerprint density at radius 2 is 1.81 bits per heavy atom. The Kier molecular flexibility index (Phi) is 9.21. The summed E-state index contributed by atoms with van der Waals surface area (Å²) in [5, 5.41) is 9.11. The second-order valence-corrected chi connectivity index (χ2v) is 10.2. The first-order valence-electron chi connectivity index (χ1n) is 13.3. The summed E-state index contributed by atoms with van der Waals surface area (Å²) in [5.41, 5.74) is 4.56. The number of aryl methyl sites for hydroxylation is 1. The maximum atomic E-state index is 14.9. The second-order valence-electron chi connectivity index (χ2n) is 10.2. The molecule has 1 aliphatic rings. The van der Waals surface area contributed by atoms with E-state index in [4.69, 9.17) is 14.6 Å². The number of halogens is 1. The van der Waals surface area contributed by atoms with Crippen LogP contribution in [0.4, 0.5) is 4.39 Å². The molecule has 0 radical (unpaired) electrons. The molecule has 4 rings (SSSR count). The van der Waals surface area contributed by atoms with Crippen LogP contribution in [0, 0.1) is 11.7 Å². The van der Waals surface area contributed by atoms with Gasteiger partial charge in [-0.25, -0.2) is 4.39 Å². The van der Waals surface area contributed by atoms with E-state index in [0.29, 0.717) is 23.7 Å². The van der Waals surface area contributed by atoms with Crippen molar-refractivity contribution in [3.05, 3.63) is 83.2 Å². The summed E-state index contributed by atoms with van der Waals surface area (Å²) in [5.74, 6) is 0.917. The van der Waals surface area contributed by atoms with Crippen LogP contribution >= 0.6 is 0 Å². The van der Waals surface area contributed by atoms with Crippen molar-refractivity contribution >= 4 is 5.97 Å². The third-order valence-corrected chi connectivity index (χ3v) is 7.49. The Morgan fingerprint density at radius 1 is 1.00 bits per heavy atom. The van der Waals surface area contributed by atoms with Crippen LogP contribution in [0.3, 0.4) is 0 Å². The van der Waals surface area contributed by atoms with Crippen molar-refractivity contribution in [3.8, 4) is 22.6 Å². The topological polar surface area (TPSA) is 55.8 Å². The molecule has 3 aromatic rings. The highest BCUT2D eigenvalue weighted by atomic mass is 19.1. The van der Waals surface area contributed by atoms with Crippen LogP contribution in [-0.2, 0) is 17.8 Å². The lowest BCUT2D eigenvalue weighted by molar-refractivity contribution is -0.137. The van der Waals surface area contributed by atoms with Crippen LogP contribution in [0.15, 0.2) is 60.7 Å². The lowest BCUT2D eigenvalue weighted by atomic mass is 9.84. The van der Waals surface area contributed by atoms with Crippen molar-refractivity contribution in [1.82, 2.24) is 0 Å². The molecule has 0 aromatic heterocycles. The Balaban J connectivity index is 1.55. The molecule has 0 aliphatic heterocycles. The van der Waals surface area contributed by atoms with E-state index in [0.717, 1.165) is 41.0 Å². The van der Waals surface area contributed by atoms with Crippen LogP contribution in [0.1, 0.15) is 74.5 Å². The van der Waals surface area contributed by atoms with Crippen LogP contribution < -0.4 is 9.47 Å². The van der Waals surface area contributed by atoms with Gasteiger partial charge in [-0.1, -0.05) is 69.4 Å². The molecule has 3 aromatic carbocycles. The molecule has 196 valence electrons. The van der Waals surface area contributed by atoms with E-state index in [1.807, 2.05) is 43.3 Å². The van der Waals surface area contributed by atoms with E-state index in [1.165, 1.54) is 38.2 Å². The predicted octanol–water partition coefficient (Wildman–Crippen LogP) is 8.17. The molecule has 5 heteroatoms. The Labute approximate surface area is 219 Å². The summed E-state index contributed by atoms with van der Waals surface area (Å²) in [6.07, 6.45) is 8.58. The zero-order chi connectivity index (χ0) is 26.2. The number of carboxylic acid groups (broad SMARTS) is 1. The van der Waals surface area contributed by atoms with Gasteiger partial charge in [0.15, 0.2) is 0 Å². The highest BCUT2D eigenvalue weighted by Crippen LogP contribution is 2.34. The standard InChI is InChI=1S/C32H37FO4/c1-22(17-32(34)35)25-9-6-10-28(19-25)37-21-24-12-15-29(30-20-27(36-2)14-16-31(30)33)26(18-24)13-11-23-7-4-3-5-8-23/h6,9-10,12,14-16,18-20,22-23H,3-5,7-8,11,13,17,21H2,1-2H3,(H,34,35)/t22-/m1/s1. The minimum atomic E-state index is -0.813. The van der Waals surface area contributed by atoms with Gasteiger partial charge in [0, 0.05) is 5.56 Å². The van der Waals surface area contributed by atoms with Gasteiger partial charge in [0.05, 0.1) is 13.5 Å². The SMILES string of the molecule is COc1ccc(F)c(-c2ccc(COc3cccc([C@H](C)CC(=O)O)c3)cc2CCC2CCCCC2)c1. The van der Waals surface area contributed by atoms with E-state index >= 15 is 0 Å². The number of rotatable bonds is 11. The van der Waals surface area contributed by atoms with Crippen molar-refractivity contribution < 1.29 is 23.8 Å². The minimum Gasteiger partial charge on any atom is -0.497 e. The van der Waals surface area contributed by atoms with Crippen LogP contribution in [-0.4, -0.2) is 18.2 Å². The smallest absolute Gasteiger partial charge is 0.303 e. The first-order valence-corrected chi connectivity index (χ1v) is 13.3. The molecule has 1 saturated carbocycles. The molecule has 37 heavy (non-hydrogen) atoms. The first-order chi connectivity index (χ1) is 17.9. The van der Waals surface area contributed by atoms with Crippen LogP contribution in [0.5, 0.6) is 11.5 Å². The second kappa shape index (κ2) is 12.8. The zero-order valence-electron chi connectivity index (χ0n) is 21.8. The van der Waals surface area contributed by atoms with E-state index in [2.05, 4.69) is 6.07 Å². The highest BCUT2D eigenvalue weighted by Gasteiger charge is 2.17. The monoisotopic (exact) mass is 504 g/mol. The molecule has 0 heterocycles. The van der Waals surface area contributed by atoms with Gasteiger partial charge in [-0.05, 0) is 77.3 Å². The Hall–Kier alpha value is -3.34. The molecule has 1 N–H and O–H groups in total. The number of hydrogen-bond donors (Lipinski definition) is 1. The van der Waals surface area contributed by atoms with Crippen molar-refractivity contribution in [3.63, 3.8) is 0 Å². The number of aliphatic carboxylic acids is 1. The van der Waals surface area contributed by atoms with Crippen molar-refractivity contribution in [1.29, 1.82) is 0 Å². The molecular weight excluding hydrogens is 467 g/mol. The molecule has 1 aliphatic carbocycles. The van der Waals surface area contributed by atoms with Gasteiger partial charge in [-0.15, -0.1) is 0 Å². The van der Waals surface area contributed by atoms with Gasteiger partial charge in [0.1, 0.15) is 23.9 Å². The normalized spacial score (nSPS) is 14.8. The van der Waals surface area contributed by atoms with E-state index in [9.17, 15) is 9.18 Å². The first kappa shape index (κ1) is 26.7. The molecule has 0 saturated heterocycles. The van der Waals surface area contributed by atoms with Gasteiger partial charge in [0.2, 0.25) is 0 Å². The number of methoxy groups -OCH3 is 1. The van der Waals surface area contributed by atoms with Gasteiger partial charge in [0.25, 0.3) is 0 Å². The molecule has 0 unspecified atom stereocenters. The highest BCUT2D eigenvalue weighted by molar-refractivity contribution is 5.70. The quantitative estimate of drug-likeness (QED) is 0.286. The average Bonchev–Trinajstić information content (AvgIpc) is 2.91. The predicted molar refractivity (Wildman–Crippen MR) is 145 cm³/mol. The zero-order valence-corrected chi connectivity index (χ0v) is 21.8. The Morgan fingerprint density at radius 3 is 2.57 bits per heavy atom. The summed E-state index contributed by atoms with van der Waals surface area (Å²) in [4.78, 5) is 11.1. The fraction of sp³-hybridized carbons (Fsp3) is 0.406. The average molecular weight is 505 g/mol. The van der Waals surface area contributed by atoms with E-state index in [1.54, 1.807) is 19.2 Å². The van der Waals surface area contributed by atoms with Crippen LogP contribution in [0.2, 0.25) is 0 Å². The third-order valence-electron chi connectivity index (χ3n) is 7.49. The van der Waals surface area contributed by atoms with Gasteiger partial charge < -0.3 is 14.6 Å². The molecular formula is C32H37FO4. The summed E-state index contributed by atoms with van der Waals surface area (Å²) in [7, 11) is 1.60. The molecule has 1 atom stereocenters.